The van der Waals surface area contributed by atoms with E-state index in [0.29, 0.717) is 28.5 Å². The highest BCUT2D eigenvalue weighted by molar-refractivity contribution is 7.13. The van der Waals surface area contributed by atoms with Crippen molar-refractivity contribution in [2.75, 3.05) is 10.6 Å². The maximum Gasteiger partial charge on any atom is 0.293 e. The Morgan fingerprint density at radius 2 is 1.89 bits per heavy atom. The first kappa shape index (κ1) is 18.3. The molecule has 0 fully saturated rings. The van der Waals surface area contributed by atoms with Crippen LogP contribution < -0.4 is 16.4 Å². The van der Waals surface area contributed by atoms with Crippen LogP contribution in [0.1, 0.15) is 33.0 Å². The monoisotopic (exact) mass is 384 g/mol. The number of nitrogens with two attached hydrogens (primary N) is 1. The predicted octanol–water partition coefficient (Wildman–Crippen LogP) is 2.66. The van der Waals surface area contributed by atoms with Crippen molar-refractivity contribution in [3.8, 4) is 0 Å². The van der Waals surface area contributed by atoms with Gasteiger partial charge in [-0.15, -0.1) is 11.3 Å². The van der Waals surface area contributed by atoms with Crippen LogP contribution in [0.3, 0.4) is 0 Å². The van der Waals surface area contributed by atoms with Gasteiger partial charge >= 0.3 is 0 Å². The first-order valence-corrected chi connectivity index (χ1v) is 8.88. The van der Waals surface area contributed by atoms with Gasteiger partial charge in [-0.1, -0.05) is 0 Å². The number of rotatable bonds is 7. The predicted molar refractivity (Wildman–Crippen MR) is 101 cm³/mol. The summed E-state index contributed by atoms with van der Waals surface area (Å²) < 4.78 is 5.02. The fraction of sp³-hybridized carbons (Fsp3) is 0.111. The van der Waals surface area contributed by atoms with Crippen LogP contribution in [0.15, 0.2) is 52.5 Å². The molecule has 0 atom stereocenters. The lowest BCUT2D eigenvalue weighted by atomic mass is 10.2. The Morgan fingerprint density at radius 1 is 1.11 bits per heavy atom. The van der Waals surface area contributed by atoms with Crippen molar-refractivity contribution in [1.82, 2.24) is 4.98 Å². The highest BCUT2D eigenvalue weighted by Gasteiger charge is 2.12. The molecule has 27 heavy (non-hydrogen) atoms. The molecule has 0 saturated heterocycles. The average molecular weight is 384 g/mol. The Labute approximate surface area is 158 Å². The number of carbonyl (C=O) groups excluding carboxylic acids is 3. The van der Waals surface area contributed by atoms with E-state index in [-0.39, 0.29) is 24.0 Å². The summed E-state index contributed by atoms with van der Waals surface area (Å²) in [6, 6.07) is 9.51. The first-order chi connectivity index (χ1) is 13.0. The van der Waals surface area contributed by atoms with E-state index in [0.717, 1.165) is 0 Å². The van der Waals surface area contributed by atoms with Crippen LogP contribution >= 0.6 is 11.3 Å². The minimum absolute atomic E-state index is 0.184. The van der Waals surface area contributed by atoms with Crippen LogP contribution in [0, 0.1) is 0 Å². The zero-order valence-electron chi connectivity index (χ0n) is 14.1. The molecule has 0 aliphatic rings. The number of thiazole rings is 1. The zero-order valence-corrected chi connectivity index (χ0v) is 14.9. The molecule has 0 radical (unpaired) electrons. The third-order valence-corrected chi connectivity index (χ3v) is 4.39. The van der Waals surface area contributed by atoms with Crippen LogP contribution in [0.25, 0.3) is 0 Å². The third-order valence-electron chi connectivity index (χ3n) is 3.58. The maximum absolute atomic E-state index is 12.0. The summed E-state index contributed by atoms with van der Waals surface area (Å²) >= 11 is 1.27. The van der Waals surface area contributed by atoms with Gasteiger partial charge in [0.1, 0.15) is 0 Å². The number of nitrogens with zero attached hydrogens (tertiary/aromatic N) is 1. The number of carbonyl (C=O) groups is 3. The largest absolute Gasteiger partial charge is 0.459 e. The van der Waals surface area contributed by atoms with Crippen molar-refractivity contribution in [1.29, 1.82) is 0 Å². The van der Waals surface area contributed by atoms with E-state index in [1.165, 1.54) is 17.6 Å². The summed E-state index contributed by atoms with van der Waals surface area (Å²) in [4.78, 5) is 39.2. The summed E-state index contributed by atoms with van der Waals surface area (Å²) in [5.74, 6) is -0.881. The number of aromatic nitrogens is 1. The molecular formula is C18H16N4O4S. The molecule has 9 heteroatoms. The number of amides is 3. The minimum atomic E-state index is -0.522. The summed E-state index contributed by atoms with van der Waals surface area (Å²) in [7, 11) is 0. The van der Waals surface area contributed by atoms with Crippen molar-refractivity contribution in [2.24, 2.45) is 5.73 Å². The molecule has 2 aromatic heterocycles. The molecule has 2 heterocycles. The summed E-state index contributed by atoms with van der Waals surface area (Å²) in [6.07, 6.45) is 2.08. The van der Waals surface area contributed by atoms with Crippen molar-refractivity contribution in [2.45, 2.75) is 12.8 Å². The van der Waals surface area contributed by atoms with Gasteiger partial charge in [0.25, 0.3) is 5.91 Å². The molecule has 1 aromatic carbocycles. The number of anilines is 2. The number of benzene rings is 1. The van der Waals surface area contributed by atoms with Crippen LogP contribution in [-0.4, -0.2) is 22.7 Å². The topological polar surface area (TPSA) is 127 Å². The van der Waals surface area contributed by atoms with E-state index in [4.69, 9.17) is 10.2 Å². The Hall–Kier alpha value is -3.46. The molecule has 0 spiro atoms. The summed E-state index contributed by atoms with van der Waals surface area (Å²) in [6.45, 7) is 0. The Morgan fingerprint density at radius 3 is 2.56 bits per heavy atom. The number of hydrogen-bond donors (Lipinski definition) is 3. The number of furan rings is 1. The Bertz CT molecular complexity index is 948. The van der Waals surface area contributed by atoms with Crippen LogP contribution in [0.5, 0.6) is 0 Å². The van der Waals surface area contributed by atoms with Crippen LogP contribution in [-0.2, 0) is 11.2 Å². The van der Waals surface area contributed by atoms with E-state index >= 15 is 0 Å². The van der Waals surface area contributed by atoms with Crippen molar-refractivity contribution >= 4 is 39.9 Å². The molecule has 3 amide bonds. The van der Waals surface area contributed by atoms with E-state index in [1.807, 2.05) is 0 Å². The van der Waals surface area contributed by atoms with E-state index in [2.05, 4.69) is 15.6 Å². The summed E-state index contributed by atoms with van der Waals surface area (Å²) in [5, 5.41) is 7.60. The molecule has 0 saturated carbocycles. The second kappa shape index (κ2) is 8.28. The quantitative estimate of drug-likeness (QED) is 0.577. The smallest absolute Gasteiger partial charge is 0.293 e. The molecule has 0 unspecified atom stereocenters. The molecular weight excluding hydrogens is 368 g/mol. The van der Waals surface area contributed by atoms with E-state index < -0.39 is 5.91 Å². The molecule has 8 nitrogen and oxygen atoms in total. The van der Waals surface area contributed by atoms with Crippen LogP contribution in [0.2, 0.25) is 0 Å². The SMILES string of the molecule is NC(=O)c1ccc(NC(=O)CCc2csc(NC(=O)c3ccco3)n2)cc1. The van der Waals surface area contributed by atoms with Gasteiger partial charge in [0, 0.05) is 23.1 Å². The zero-order chi connectivity index (χ0) is 19.2. The van der Waals surface area contributed by atoms with Crippen molar-refractivity contribution in [3.05, 3.63) is 65.1 Å². The van der Waals surface area contributed by atoms with Gasteiger partial charge < -0.3 is 15.5 Å². The molecule has 3 aromatic rings. The normalized spacial score (nSPS) is 10.4. The lowest BCUT2D eigenvalue weighted by Gasteiger charge is -2.05. The number of nitrogens with one attached hydrogen (secondary N) is 2. The second-order valence-electron chi connectivity index (χ2n) is 5.57. The van der Waals surface area contributed by atoms with Crippen molar-refractivity contribution < 1.29 is 18.8 Å². The van der Waals surface area contributed by atoms with Crippen LogP contribution in [0.4, 0.5) is 10.8 Å². The molecule has 3 rings (SSSR count). The van der Waals surface area contributed by atoms with E-state index in [1.54, 1.807) is 41.8 Å². The van der Waals surface area contributed by atoms with Gasteiger partial charge in [0.15, 0.2) is 10.9 Å². The Kier molecular flexibility index (Phi) is 5.62. The number of hydrogen-bond acceptors (Lipinski definition) is 6. The standard InChI is InChI=1S/C18H16N4O4S/c19-16(24)11-3-5-12(6-4-11)20-15(23)8-7-13-10-27-18(21-13)22-17(25)14-2-1-9-26-14/h1-6,9-10H,7-8H2,(H2,19,24)(H,20,23)(H,21,22,25). The van der Waals surface area contributed by atoms with Gasteiger partial charge in [-0.05, 0) is 42.8 Å². The molecule has 0 aliphatic heterocycles. The highest BCUT2D eigenvalue weighted by Crippen LogP contribution is 2.18. The highest BCUT2D eigenvalue weighted by atomic mass is 32.1. The maximum atomic E-state index is 12.0. The Balaban J connectivity index is 1.48. The number of aryl methyl sites for hydroxylation is 1. The van der Waals surface area contributed by atoms with Gasteiger partial charge in [-0.25, -0.2) is 4.98 Å². The number of primary amides is 1. The fourth-order valence-electron chi connectivity index (χ4n) is 2.23. The third kappa shape index (κ3) is 5.02. The molecule has 0 aliphatic carbocycles. The minimum Gasteiger partial charge on any atom is -0.459 e. The van der Waals surface area contributed by atoms with E-state index in [9.17, 15) is 14.4 Å². The second-order valence-corrected chi connectivity index (χ2v) is 6.42. The van der Waals surface area contributed by atoms with Gasteiger partial charge in [0.2, 0.25) is 11.8 Å². The summed E-state index contributed by atoms with van der Waals surface area (Å²) in [5.41, 5.74) is 6.83. The molecule has 4 N–H and O–H groups in total. The fourth-order valence-corrected chi connectivity index (χ4v) is 2.97. The van der Waals surface area contributed by atoms with Gasteiger partial charge in [-0.3, -0.25) is 19.7 Å². The molecule has 138 valence electrons. The molecule has 0 bridgehead atoms. The lowest BCUT2D eigenvalue weighted by Crippen LogP contribution is -2.14. The van der Waals surface area contributed by atoms with Crippen molar-refractivity contribution in [3.63, 3.8) is 0 Å². The van der Waals surface area contributed by atoms with Gasteiger partial charge in [0.05, 0.1) is 12.0 Å². The average Bonchev–Trinajstić information content (AvgIpc) is 3.32. The lowest BCUT2D eigenvalue weighted by molar-refractivity contribution is -0.116. The first-order valence-electron chi connectivity index (χ1n) is 8.00. The van der Waals surface area contributed by atoms with Gasteiger partial charge in [-0.2, -0.15) is 0 Å².